The number of nitrogens with zero attached hydrogens (tertiary/aromatic N) is 2. The van der Waals surface area contributed by atoms with Crippen LogP contribution < -0.4 is 4.90 Å². The molecule has 3 aromatic carbocycles. The number of benzene rings is 3. The maximum absolute atomic E-state index is 14.6. The first-order valence-corrected chi connectivity index (χ1v) is 12.5. The molecule has 4 nitrogen and oxygen atoms in total. The van der Waals surface area contributed by atoms with Gasteiger partial charge in [0.2, 0.25) is 0 Å². The summed E-state index contributed by atoms with van der Waals surface area (Å²) in [5.74, 6) is -0.788. The first-order chi connectivity index (χ1) is 16.9. The van der Waals surface area contributed by atoms with Gasteiger partial charge >= 0.3 is 0 Å². The number of anilines is 1. The van der Waals surface area contributed by atoms with E-state index in [9.17, 15) is 14.0 Å². The average molecular weight is 525 g/mol. The number of hydrogen-bond donors (Lipinski definition) is 0. The van der Waals surface area contributed by atoms with Crippen LogP contribution in [0.3, 0.4) is 0 Å². The molecular weight excluding hydrogens is 506 g/mol. The summed E-state index contributed by atoms with van der Waals surface area (Å²) in [4.78, 5) is 27.3. The molecule has 0 saturated carbocycles. The van der Waals surface area contributed by atoms with E-state index in [-0.39, 0.29) is 17.6 Å². The number of para-hydroxylation sites is 1. The zero-order valence-corrected chi connectivity index (χ0v) is 20.9. The number of fused-ring (bicyclic) bond motifs is 1. The molecule has 0 aliphatic carbocycles. The molecule has 8 heteroatoms. The molecular formula is C27H19Cl2FN2O2S. The van der Waals surface area contributed by atoms with Crippen LogP contribution >= 0.6 is 35.0 Å². The summed E-state index contributed by atoms with van der Waals surface area (Å²) in [6, 6.07) is 17.2. The number of aromatic nitrogens is 1. The van der Waals surface area contributed by atoms with Gasteiger partial charge in [-0.3, -0.25) is 9.59 Å². The Labute approximate surface area is 215 Å². The first kappa shape index (κ1) is 23.7. The van der Waals surface area contributed by atoms with Crippen molar-refractivity contribution in [3.63, 3.8) is 0 Å². The Bertz CT molecular complexity index is 1510. The van der Waals surface area contributed by atoms with Crippen molar-refractivity contribution in [2.45, 2.75) is 19.9 Å². The molecule has 0 N–H and O–H groups in total. The summed E-state index contributed by atoms with van der Waals surface area (Å²) in [6.45, 7) is 2.29. The Morgan fingerprint density at radius 2 is 1.80 bits per heavy atom. The second-order valence-corrected chi connectivity index (χ2v) is 9.91. The molecule has 1 aliphatic heterocycles. The Morgan fingerprint density at radius 3 is 2.54 bits per heavy atom. The van der Waals surface area contributed by atoms with Crippen LogP contribution in [-0.2, 0) is 17.8 Å². The first-order valence-electron chi connectivity index (χ1n) is 10.9. The SMILES string of the molecule is CCc1cccc2c(/C=C3\SC(=O)N(c4cccc(Cl)c4)C3=O)cn(Cc3c(F)cccc3Cl)c12. The highest BCUT2D eigenvalue weighted by molar-refractivity contribution is 8.19. The predicted molar refractivity (Wildman–Crippen MR) is 142 cm³/mol. The lowest BCUT2D eigenvalue weighted by Gasteiger charge is -2.12. The van der Waals surface area contributed by atoms with Crippen LogP contribution in [-0.4, -0.2) is 15.7 Å². The van der Waals surface area contributed by atoms with E-state index in [1.807, 2.05) is 29.0 Å². The fourth-order valence-electron chi connectivity index (χ4n) is 4.29. The van der Waals surface area contributed by atoms with Crippen molar-refractivity contribution in [1.82, 2.24) is 4.57 Å². The fourth-order valence-corrected chi connectivity index (χ4v) is 5.53. The van der Waals surface area contributed by atoms with Gasteiger partial charge in [-0.2, -0.15) is 0 Å². The van der Waals surface area contributed by atoms with Crippen molar-refractivity contribution >= 4 is 68.8 Å². The van der Waals surface area contributed by atoms with E-state index in [0.29, 0.717) is 26.2 Å². The maximum Gasteiger partial charge on any atom is 0.298 e. The zero-order valence-electron chi connectivity index (χ0n) is 18.6. The van der Waals surface area contributed by atoms with Gasteiger partial charge in [0, 0.05) is 32.8 Å². The number of hydrogen-bond acceptors (Lipinski definition) is 3. The highest BCUT2D eigenvalue weighted by Crippen LogP contribution is 2.38. The molecule has 1 aromatic heterocycles. The molecule has 4 aromatic rings. The molecule has 2 heterocycles. The Balaban J connectivity index is 1.60. The van der Waals surface area contributed by atoms with Gasteiger partial charge in [-0.1, -0.05) is 60.5 Å². The van der Waals surface area contributed by atoms with E-state index >= 15 is 0 Å². The van der Waals surface area contributed by atoms with Gasteiger partial charge < -0.3 is 4.57 Å². The molecule has 5 rings (SSSR count). The molecule has 0 radical (unpaired) electrons. The quantitative estimate of drug-likeness (QED) is 0.249. The summed E-state index contributed by atoms with van der Waals surface area (Å²) in [6.07, 6.45) is 4.37. The van der Waals surface area contributed by atoms with E-state index in [4.69, 9.17) is 23.2 Å². The van der Waals surface area contributed by atoms with Crippen molar-refractivity contribution < 1.29 is 14.0 Å². The minimum atomic E-state index is -0.410. The van der Waals surface area contributed by atoms with Gasteiger partial charge in [0.1, 0.15) is 5.82 Å². The minimum Gasteiger partial charge on any atom is -0.342 e. The van der Waals surface area contributed by atoms with Crippen LogP contribution in [0, 0.1) is 5.82 Å². The predicted octanol–water partition coefficient (Wildman–Crippen LogP) is 7.94. The van der Waals surface area contributed by atoms with Crippen LogP contribution in [0.5, 0.6) is 0 Å². The molecule has 0 unspecified atom stereocenters. The normalized spacial score (nSPS) is 15.1. The van der Waals surface area contributed by atoms with Gasteiger partial charge in [0.15, 0.2) is 0 Å². The van der Waals surface area contributed by atoms with Crippen LogP contribution in [0.1, 0.15) is 23.6 Å². The Hall–Kier alpha value is -3.06. The van der Waals surface area contributed by atoms with Gasteiger partial charge in [0.25, 0.3) is 11.1 Å². The molecule has 2 amide bonds. The third-order valence-electron chi connectivity index (χ3n) is 5.93. The van der Waals surface area contributed by atoms with E-state index in [2.05, 4.69) is 6.92 Å². The molecule has 0 atom stereocenters. The lowest BCUT2D eigenvalue weighted by atomic mass is 10.1. The molecule has 35 heavy (non-hydrogen) atoms. The molecule has 1 fully saturated rings. The third kappa shape index (κ3) is 4.38. The number of aryl methyl sites for hydroxylation is 1. The molecule has 0 spiro atoms. The van der Waals surface area contributed by atoms with Crippen molar-refractivity contribution in [1.29, 1.82) is 0 Å². The monoisotopic (exact) mass is 524 g/mol. The van der Waals surface area contributed by atoms with E-state index < -0.39 is 5.91 Å². The lowest BCUT2D eigenvalue weighted by molar-refractivity contribution is -0.113. The van der Waals surface area contributed by atoms with Crippen LogP contribution in [0.15, 0.2) is 71.8 Å². The van der Waals surface area contributed by atoms with Crippen LogP contribution in [0.25, 0.3) is 17.0 Å². The third-order valence-corrected chi connectivity index (χ3v) is 7.39. The van der Waals surface area contributed by atoms with Gasteiger partial charge in [-0.25, -0.2) is 9.29 Å². The number of thioether (sulfide) groups is 1. The molecule has 0 bridgehead atoms. The number of imide groups is 1. The largest absolute Gasteiger partial charge is 0.342 e. The number of rotatable bonds is 5. The van der Waals surface area contributed by atoms with E-state index in [0.717, 1.165) is 45.1 Å². The highest BCUT2D eigenvalue weighted by Gasteiger charge is 2.36. The van der Waals surface area contributed by atoms with E-state index in [1.165, 1.54) is 6.07 Å². The fraction of sp³-hybridized carbons (Fsp3) is 0.111. The number of carbonyl (C=O) groups excluding carboxylic acids is 2. The summed E-state index contributed by atoms with van der Waals surface area (Å²) in [5.41, 5.74) is 3.61. The average Bonchev–Trinajstić information content (AvgIpc) is 3.32. The number of carbonyl (C=O) groups is 2. The highest BCUT2D eigenvalue weighted by atomic mass is 35.5. The Morgan fingerprint density at radius 1 is 1.03 bits per heavy atom. The van der Waals surface area contributed by atoms with E-state index in [1.54, 1.807) is 42.5 Å². The smallest absolute Gasteiger partial charge is 0.298 e. The van der Waals surface area contributed by atoms with Crippen molar-refractivity contribution in [2.24, 2.45) is 0 Å². The molecule has 1 saturated heterocycles. The number of amides is 2. The van der Waals surface area contributed by atoms with Crippen LogP contribution in [0.4, 0.5) is 14.9 Å². The summed E-state index contributed by atoms with van der Waals surface area (Å²) in [7, 11) is 0. The number of halogens is 3. The van der Waals surface area contributed by atoms with Crippen LogP contribution in [0.2, 0.25) is 10.0 Å². The summed E-state index contributed by atoms with van der Waals surface area (Å²) >= 11 is 13.2. The van der Waals surface area contributed by atoms with Crippen molar-refractivity contribution in [3.05, 3.63) is 104 Å². The van der Waals surface area contributed by atoms with Crippen molar-refractivity contribution in [3.8, 4) is 0 Å². The second kappa shape index (κ2) is 9.53. The van der Waals surface area contributed by atoms with Gasteiger partial charge in [0.05, 0.1) is 22.7 Å². The minimum absolute atomic E-state index is 0.233. The summed E-state index contributed by atoms with van der Waals surface area (Å²) < 4.78 is 16.5. The second-order valence-electron chi connectivity index (χ2n) is 8.08. The Kier molecular flexibility index (Phi) is 6.45. The summed E-state index contributed by atoms with van der Waals surface area (Å²) in [5, 5.41) is 1.31. The zero-order chi connectivity index (χ0) is 24.7. The van der Waals surface area contributed by atoms with Gasteiger partial charge in [-0.15, -0.1) is 0 Å². The lowest BCUT2D eigenvalue weighted by Crippen LogP contribution is -2.27. The molecule has 1 aliphatic rings. The topological polar surface area (TPSA) is 42.3 Å². The maximum atomic E-state index is 14.6. The molecule has 176 valence electrons. The standard InChI is InChI=1S/C27H19Cl2FN2O2S/c1-2-16-6-3-9-20-17(14-31(25(16)20)15-21-22(29)10-5-11-23(21)30)12-24-26(33)32(27(34)35-24)19-8-4-7-18(28)13-19/h3-14H,2,15H2,1H3/b24-12-. The van der Waals surface area contributed by atoms with Crippen molar-refractivity contribution in [2.75, 3.05) is 4.90 Å². The van der Waals surface area contributed by atoms with Gasteiger partial charge in [-0.05, 0) is 60.2 Å².